The van der Waals surface area contributed by atoms with Crippen LogP contribution in [0.3, 0.4) is 0 Å². The van der Waals surface area contributed by atoms with Gasteiger partial charge in [0.05, 0.1) is 8.95 Å². The first kappa shape index (κ1) is 15.0. The fourth-order valence-corrected chi connectivity index (χ4v) is 3.41. The van der Waals surface area contributed by atoms with Crippen molar-refractivity contribution in [3.05, 3.63) is 60.9 Å². The van der Waals surface area contributed by atoms with E-state index >= 15 is 0 Å². The maximum Gasteiger partial charge on any atom is 0.143 e. The molecule has 0 spiro atoms. The Morgan fingerprint density at radius 2 is 1.53 bits per heavy atom. The Kier molecular flexibility index (Phi) is 5.45. The van der Waals surface area contributed by atoms with Crippen molar-refractivity contribution in [3.63, 3.8) is 0 Å². The summed E-state index contributed by atoms with van der Waals surface area (Å²) in [6.45, 7) is 1.52. The predicted octanol–water partition coefficient (Wildman–Crippen LogP) is 4.97. The van der Waals surface area contributed by atoms with Crippen molar-refractivity contribution in [2.45, 2.75) is 13.1 Å². The lowest BCUT2D eigenvalue weighted by atomic mass is 10.2. The second-order valence-electron chi connectivity index (χ2n) is 4.10. The van der Waals surface area contributed by atoms with Crippen LogP contribution < -0.4 is 5.32 Å². The van der Waals surface area contributed by atoms with E-state index < -0.39 is 0 Å². The zero-order chi connectivity index (χ0) is 13.8. The molecule has 0 radical (unpaired) electrons. The molecule has 0 aliphatic rings. The van der Waals surface area contributed by atoms with Crippen LogP contribution in [0.5, 0.6) is 5.75 Å². The third-order valence-electron chi connectivity index (χ3n) is 2.68. The lowest BCUT2D eigenvalue weighted by Crippen LogP contribution is -2.13. The topological polar surface area (TPSA) is 32.3 Å². The first-order valence-electron chi connectivity index (χ1n) is 5.69. The summed E-state index contributed by atoms with van der Waals surface area (Å²) in [5.41, 5.74) is 2.32. The van der Waals surface area contributed by atoms with Crippen LogP contribution in [-0.4, -0.2) is 5.11 Å². The van der Waals surface area contributed by atoms with Gasteiger partial charge in [0, 0.05) is 17.6 Å². The predicted molar refractivity (Wildman–Crippen MR) is 88.2 cm³/mol. The molecule has 100 valence electrons. The number of benzene rings is 2. The average Bonchev–Trinajstić information content (AvgIpc) is 2.38. The molecule has 5 heteroatoms. The minimum absolute atomic E-state index is 0.231. The highest BCUT2D eigenvalue weighted by molar-refractivity contribution is 9.11. The molecule has 2 aromatic rings. The van der Waals surface area contributed by atoms with Crippen LogP contribution in [0.1, 0.15) is 11.1 Å². The molecule has 2 aromatic carbocycles. The summed E-state index contributed by atoms with van der Waals surface area (Å²) in [5, 5.41) is 13.0. The summed E-state index contributed by atoms with van der Waals surface area (Å²) in [6.07, 6.45) is 0. The first-order valence-corrected chi connectivity index (χ1v) is 8.07. The van der Waals surface area contributed by atoms with Gasteiger partial charge in [0.25, 0.3) is 0 Å². The van der Waals surface area contributed by atoms with E-state index in [0.717, 1.165) is 23.1 Å². The van der Waals surface area contributed by atoms with Gasteiger partial charge in [-0.25, -0.2) is 0 Å². The minimum Gasteiger partial charge on any atom is -0.506 e. The molecule has 2 nitrogen and oxygen atoms in total. The van der Waals surface area contributed by atoms with Crippen molar-refractivity contribution in [2.24, 2.45) is 0 Å². The molecule has 0 saturated carbocycles. The van der Waals surface area contributed by atoms with E-state index in [2.05, 4.69) is 59.2 Å². The molecule has 0 aliphatic heterocycles. The van der Waals surface area contributed by atoms with Crippen LogP contribution >= 0.6 is 47.8 Å². The smallest absolute Gasteiger partial charge is 0.143 e. The van der Waals surface area contributed by atoms with E-state index in [9.17, 15) is 5.11 Å². The van der Waals surface area contributed by atoms with E-state index in [1.165, 1.54) is 5.56 Å². The van der Waals surface area contributed by atoms with E-state index in [4.69, 9.17) is 0 Å². The summed E-state index contributed by atoms with van der Waals surface area (Å²) in [6, 6.07) is 12.0. The standard InChI is InChI=1S/C14H12Br3NO/c15-11-4-2-1-3-10(11)8-18-7-9-5-12(16)14(19)13(17)6-9/h1-6,18-19H,7-8H2. The normalized spacial score (nSPS) is 10.7. The molecule has 0 aliphatic carbocycles. The molecule has 2 N–H and O–H groups in total. The van der Waals surface area contributed by atoms with Gasteiger partial charge in [-0.05, 0) is 61.2 Å². The van der Waals surface area contributed by atoms with Gasteiger partial charge in [-0.15, -0.1) is 0 Å². The SMILES string of the molecule is Oc1c(Br)cc(CNCc2ccccc2Br)cc1Br. The second-order valence-corrected chi connectivity index (χ2v) is 6.67. The maximum atomic E-state index is 9.65. The first-order chi connectivity index (χ1) is 9.08. The molecular formula is C14H12Br3NO. The second kappa shape index (κ2) is 6.88. The summed E-state index contributed by atoms with van der Waals surface area (Å²) in [5.74, 6) is 0.231. The summed E-state index contributed by atoms with van der Waals surface area (Å²) in [4.78, 5) is 0. The third-order valence-corrected chi connectivity index (χ3v) is 4.66. The summed E-state index contributed by atoms with van der Waals surface area (Å²) >= 11 is 10.2. The number of aromatic hydroxyl groups is 1. The molecule has 0 bridgehead atoms. The quantitative estimate of drug-likeness (QED) is 0.690. The largest absolute Gasteiger partial charge is 0.506 e. The molecule has 0 amide bonds. The fraction of sp³-hybridized carbons (Fsp3) is 0.143. The zero-order valence-corrected chi connectivity index (χ0v) is 14.7. The highest BCUT2D eigenvalue weighted by Crippen LogP contribution is 2.33. The van der Waals surface area contributed by atoms with E-state index in [1.807, 2.05) is 30.3 Å². The Labute approximate surface area is 137 Å². The molecule has 0 aromatic heterocycles. The van der Waals surface area contributed by atoms with Gasteiger partial charge < -0.3 is 10.4 Å². The maximum absolute atomic E-state index is 9.65. The Morgan fingerprint density at radius 1 is 0.895 bits per heavy atom. The molecular weight excluding hydrogens is 438 g/mol. The zero-order valence-electron chi connectivity index (χ0n) is 9.96. The van der Waals surface area contributed by atoms with Crippen molar-refractivity contribution in [1.29, 1.82) is 0 Å². The molecule has 0 heterocycles. The van der Waals surface area contributed by atoms with Gasteiger partial charge in [-0.1, -0.05) is 34.1 Å². The van der Waals surface area contributed by atoms with Crippen LogP contribution in [0.2, 0.25) is 0 Å². The van der Waals surface area contributed by atoms with Gasteiger partial charge in [-0.2, -0.15) is 0 Å². The van der Waals surface area contributed by atoms with Gasteiger partial charge >= 0.3 is 0 Å². The molecule has 2 rings (SSSR count). The highest BCUT2D eigenvalue weighted by atomic mass is 79.9. The number of hydrogen-bond acceptors (Lipinski definition) is 2. The summed E-state index contributed by atoms with van der Waals surface area (Å²) < 4.78 is 2.50. The van der Waals surface area contributed by atoms with Gasteiger partial charge in [0.2, 0.25) is 0 Å². The van der Waals surface area contributed by atoms with Gasteiger partial charge in [-0.3, -0.25) is 0 Å². The molecule has 19 heavy (non-hydrogen) atoms. The average molecular weight is 450 g/mol. The van der Waals surface area contributed by atoms with Crippen molar-refractivity contribution in [2.75, 3.05) is 0 Å². The Bertz CT molecular complexity index is 564. The van der Waals surface area contributed by atoms with E-state index in [1.54, 1.807) is 0 Å². The number of hydrogen-bond donors (Lipinski definition) is 2. The number of phenolic OH excluding ortho intramolecular Hbond substituents is 1. The highest BCUT2D eigenvalue weighted by Gasteiger charge is 2.06. The minimum atomic E-state index is 0.231. The van der Waals surface area contributed by atoms with Crippen LogP contribution in [0.15, 0.2) is 49.8 Å². The van der Waals surface area contributed by atoms with Crippen molar-refractivity contribution < 1.29 is 5.11 Å². The van der Waals surface area contributed by atoms with Gasteiger partial charge in [0.15, 0.2) is 0 Å². The van der Waals surface area contributed by atoms with Gasteiger partial charge in [0.1, 0.15) is 5.75 Å². The van der Waals surface area contributed by atoms with Crippen molar-refractivity contribution in [3.8, 4) is 5.75 Å². The van der Waals surface area contributed by atoms with Crippen LogP contribution in [0.4, 0.5) is 0 Å². The van der Waals surface area contributed by atoms with Crippen molar-refractivity contribution >= 4 is 47.8 Å². The molecule has 0 saturated heterocycles. The monoisotopic (exact) mass is 447 g/mol. The van der Waals surface area contributed by atoms with Crippen LogP contribution in [0, 0.1) is 0 Å². The molecule has 0 atom stereocenters. The van der Waals surface area contributed by atoms with Crippen LogP contribution in [-0.2, 0) is 13.1 Å². The number of phenols is 1. The van der Waals surface area contributed by atoms with Crippen LogP contribution in [0.25, 0.3) is 0 Å². The molecule has 0 fully saturated rings. The lowest BCUT2D eigenvalue weighted by molar-refractivity contribution is 0.468. The number of nitrogens with one attached hydrogen (secondary N) is 1. The molecule has 0 unspecified atom stereocenters. The Hall–Kier alpha value is -0.360. The summed E-state index contributed by atoms with van der Waals surface area (Å²) in [7, 11) is 0. The fourth-order valence-electron chi connectivity index (χ4n) is 1.70. The van der Waals surface area contributed by atoms with E-state index in [-0.39, 0.29) is 5.75 Å². The van der Waals surface area contributed by atoms with Crippen molar-refractivity contribution in [1.82, 2.24) is 5.32 Å². The Balaban J connectivity index is 1.98. The van der Waals surface area contributed by atoms with E-state index in [0.29, 0.717) is 8.95 Å². The third kappa shape index (κ3) is 4.05. The number of halogens is 3. The Morgan fingerprint density at radius 3 is 2.16 bits per heavy atom. The lowest BCUT2D eigenvalue weighted by Gasteiger charge is -2.09. The number of rotatable bonds is 4.